The molecule has 6 rings (SSSR count). The largest absolute Gasteiger partial charge is 0.504 e. The highest BCUT2D eigenvalue weighted by molar-refractivity contribution is 5.84. The summed E-state index contributed by atoms with van der Waals surface area (Å²) in [5.74, 6) is -0.343. The summed E-state index contributed by atoms with van der Waals surface area (Å²) in [5.41, 5.74) is 12.4. The van der Waals surface area contributed by atoms with E-state index in [4.69, 9.17) is 15.7 Å². The normalized spacial score (nSPS) is 11.2. The van der Waals surface area contributed by atoms with Crippen molar-refractivity contribution in [2.45, 2.75) is 13.0 Å². The molecule has 3 heterocycles. The molecule has 0 radical (unpaired) electrons. The Morgan fingerprint density at radius 2 is 1.74 bits per heavy atom. The van der Waals surface area contributed by atoms with Crippen LogP contribution in [0.3, 0.4) is 0 Å². The van der Waals surface area contributed by atoms with E-state index in [0.29, 0.717) is 54.2 Å². The van der Waals surface area contributed by atoms with Crippen LogP contribution in [0.1, 0.15) is 21.5 Å². The fraction of sp³-hybridized carbons (Fsp3) is 0.0909. The molecular formula is C33H27FN6O2. The minimum atomic E-state index is -0.757. The number of hydrogen-bond donors (Lipinski definition) is 3. The van der Waals surface area contributed by atoms with E-state index in [1.807, 2.05) is 83.4 Å². The van der Waals surface area contributed by atoms with E-state index in [-0.39, 0.29) is 5.56 Å². The number of nitrogens with zero attached hydrogens (tertiary/aromatic N) is 4. The van der Waals surface area contributed by atoms with E-state index in [9.17, 15) is 14.3 Å². The molecule has 0 bridgehead atoms. The van der Waals surface area contributed by atoms with Gasteiger partial charge in [0.05, 0.1) is 16.8 Å². The number of phenolic OH excluding ortho intramolecular Hbond substituents is 1. The molecule has 0 amide bonds. The number of nitrogens with two attached hydrogens (primary N) is 1. The Hall–Kier alpha value is -5.41. The number of carbonyl (C=O) groups is 1. The van der Waals surface area contributed by atoms with Gasteiger partial charge in [-0.1, -0.05) is 48.5 Å². The molecule has 0 spiro atoms. The number of nitrogen functional groups attached to an aromatic ring is 1. The quantitative estimate of drug-likeness (QED) is 0.153. The molecule has 0 unspecified atom stereocenters. The van der Waals surface area contributed by atoms with E-state index in [1.165, 1.54) is 12.1 Å². The maximum atomic E-state index is 14.3. The number of aromatic hydroxyl groups is 1. The van der Waals surface area contributed by atoms with E-state index < -0.39 is 11.6 Å². The zero-order chi connectivity index (χ0) is 29.1. The van der Waals surface area contributed by atoms with Crippen molar-refractivity contribution in [2.24, 2.45) is 0 Å². The number of anilines is 1. The van der Waals surface area contributed by atoms with Crippen molar-refractivity contribution in [3.63, 3.8) is 0 Å². The monoisotopic (exact) mass is 558 g/mol. The van der Waals surface area contributed by atoms with Crippen LogP contribution >= 0.6 is 0 Å². The summed E-state index contributed by atoms with van der Waals surface area (Å²) in [4.78, 5) is 25.0. The molecule has 3 aromatic carbocycles. The van der Waals surface area contributed by atoms with E-state index >= 15 is 0 Å². The molecule has 0 saturated heterocycles. The number of carbonyl (C=O) groups excluding carboxylic acids is 1. The predicted octanol–water partition coefficient (Wildman–Crippen LogP) is 5.72. The lowest BCUT2D eigenvalue weighted by atomic mass is 10.1. The average Bonchev–Trinajstić information content (AvgIpc) is 3.41. The van der Waals surface area contributed by atoms with Gasteiger partial charge in [-0.3, -0.25) is 9.36 Å². The molecule has 0 fully saturated rings. The van der Waals surface area contributed by atoms with Crippen molar-refractivity contribution in [3.05, 3.63) is 120 Å². The molecule has 0 aliphatic heterocycles. The van der Waals surface area contributed by atoms with Crippen LogP contribution in [0.2, 0.25) is 0 Å². The number of rotatable bonds is 9. The number of fused-ring (bicyclic) bond motifs is 1. The third kappa shape index (κ3) is 5.21. The molecule has 0 aliphatic rings. The first-order valence-electron chi connectivity index (χ1n) is 13.4. The summed E-state index contributed by atoms with van der Waals surface area (Å²) in [7, 11) is 0. The van der Waals surface area contributed by atoms with Crippen LogP contribution in [0, 0.1) is 5.82 Å². The van der Waals surface area contributed by atoms with Crippen LogP contribution in [-0.2, 0) is 13.0 Å². The number of benzene rings is 3. The number of hydrogen-bond acceptors (Lipinski definition) is 7. The van der Waals surface area contributed by atoms with E-state index in [2.05, 4.69) is 10.3 Å². The Morgan fingerprint density at radius 3 is 2.50 bits per heavy atom. The number of aromatic nitrogens is 4. The van der Waals surface area contributed by atoms with Crippen molar-refractivity contribution in [1.82, 2.24) is 24.8 Å². The van der Waals surface area contributed by atoms with Crippen molar-refractivity contribution in [1.29, 1.82) is 0 Å². The number of pyridine rings is 2. The zero-order valence-corrected chi connectivity index (χ0v) is 22.5. The van der Waals surface area contributed by atoms with Gasteiger partial charge in [-0.05, 0) is 66.6 Å². The summed E-state index contributed by atoms with van der Waals surface area (Å²) in [6.45, 7) is 1.05. The number of imidazole rings is 1. The van der Waals surface area contributed by atoms with Crippen LogP contribution in [0.4, 0.5) is 10.2 Å². The molecule has 208 valence electrons. The first-order chi connectivity index (χ1) is 20.5. The zero-order valence-electron chi connectivity index (χ0n) is 22.5. The maximum absolute atomic E-state index is 14.3. The highest BCUT2D eigenvalue weighted by atomic mass is 19.1. The van der Waals surface area contributed by atoms with E-state index in [0.717, 1.165) is 28.0 Å². The van der Waals surface area contributed by atoms with Gasteiger partial charge in [0.15, 0.2) is 29.3 Å². The van der Waals surface area contributed by atoms with Gasteiger partial charge in [-0.2, -0.15) is 0 Å². The van der Waals surface area contributed by atoms with Gasteiger partial charge < -0.3 is 16.2 Å². The minimum Gasteiger partial charge on any atom is -0.504 e. The molecular weight excluding hydrogens is 531 g/mol. The van der Waals surface area contributed by atoms with Crippen LogP contribution in [0.15, 0.2) is 97.2 Å². The summed E-state index contributed by atoms with van der Waals surface area (Å²) in [5, 5.41) is 13.1. The predicted molar refractivity (Wildman–Crippen MR) is 161 cm³/mol. The van der Waals surface area contributed by atoms with Crippen LogP contribution in [0.5, 0.6) is 5.75 Å². The van der Waals surface area contributed by atoms with Crippen molar-refractivity contribution in [2.75, 3.05) is 12.3 Å². The number of nitrogens with one attached hydrogen (secondary N) is 1. The summed E-state index contributed by atoms with van der Waals surface area (Å²) in [6, 6.07) is 28.6. The maximum Gasteiger partial charge on any atom is 0.168 e. The summed E-state index contributed by atoms with van der Waals surface area (Å²) >= 11 is 0. The smallest absolute Gasteiger partial charge is 0.168 e. The Balaban J connectivity index is 1.27. The second-order valence-electron chi connectivity index (χ2n) is 9.80. The molecule has 0 saturated carbocycles. The Bertz CT molecular complexity index is 1890. The van der Waals surface area contributed by atoms with Gasteiger partial charge in [0.2, 0.25) is 0 Å². The first kappa shape index (κ1) is 26.8. The molecule has 42 heavy (non-hydrogen) atoms. The molecule has 9 heteroatoms. The van der Waals surface area contributed by atoms with Crippen LogP contribution in [-0.4, -0.2) is 37.5 Å². The molecule has 3 aromatic heterocycles. The van der Waals surface area contributed by atoms with Crippen LogP contribution in [0.25, 0.3) is 39.5 Å². The van der Waals surface area contributed by atoms with Crippen molar-refractivity contribution in [3.8, 4) is 34.1 Å². The van der Waals surface area contributed by atoms with Gasteiger partial charge >= 0.3 is 0 Å². The summed E-state index contributed by atoms with van der Waals surface area (Å²) in [6.07, 6.45) is 2.45. The van der Waals surface area contributed by atoms with Gasteiger partial charge in [-0.25, -0.2) is 19.3 Å². The highest BCUT2D eigenvalue weighted by Gasteiger charge is 2.19. The topological polar surface area (TPSA) is 119 Å². The number of aldehydes is 1. The lowest BCUT2D eigenvalue weighted by Crippen LogP contribution is -2.17. The fourth-order valence-electron chi connectivity index (χ4n) is 4.89. The SMILES string of the molecule is Nc1ncccc1-c1nc2ccc(-c3ccccc3)nc2n1-c1ccc(CNCCc2ccc(C=O)c(O)c2F)cc1. The molecule has 0 aliphatic carbocycles. The number of halogens is 1. The van der Waals surface area contributed by atoms with E-state index in [1.54, 1.807) is 6.20 Å². The molecule has 4 N–H and O–H groups in total. The van der Waals surface area contributed by atoms with Gasteiger partial charge in [0.25, 0.3) is 0 Å². The van der Waals surface area contributed by atoms with Gasteiger partial charge in [-0.15, -0.1) is 0 Å². The first-order valence-corrected chi connectivity index (χ1v) is 13.4. The molecule has 6 aromatic rings. The lowest BCUT2D eigenvalue weighted by Gasteiger charge is -2.12. The van der Waals surface area contributed by atoms with Gasteiger partial charge in [0, 0.05) is 24.0 Å². The Kier molecular flexibility index (Phi) is 7.40. The van der Waals surface area contributed by atoms with Crippen molar-refractivity contribution >= 4 is 23.3 Å². The average molecular weight is 559 g/mol. The molecule has 8 nitrogen and oxygen atoms in total. The van der Waals surface area contributed by atoms with Crippen molar-refractivity contribution < 1.29 is 14.3 Å². The fourth-order valence-corrected chi connectivity index (χ4v) is 4.89. The Morgan fingerprint density at radius 1 is 0.929 bits per heavy atom. The Labute approximate surface area is 241 Å². The molecule has 0 atom stereocenters. The highest BCUT2D eigenvalue weighted by Crippen LogP contribution is 2.32. The standard InChI is InChI=1S/C33H27FN6O2/c34-29-23(10-11-24(20-41)30(29)42)16-18-36-19-21-8-12-25(13-9-21)40-32(26-7-4-17-37-31(26)35)39-28-15-14-27(38-33(28)40)22-5-2-1-3-6-22/h1-15,17,20,36,42H,16,18-19H2,(H2,35,37). The third-order valence-electron chi connectivity index (χ3n) is 7.10. The van der Waals surface area contributed by atoms with Gasteiger partial charge in [0.1, 0.15) is 11.3 Å². The second-order valence-corrected chi connectivity index (χ2v) is 9.80. The minimum absolute atomic E-state index is 0.0594. The third-order valence-corrected chi connectivity index (χ3v) is 7.10. The summed E-state index contributed by atoms with van der Waals surface area (Å²) < 4.78 is 16.3. The van der Waals surface area contributed by atoms with Crippen LogP contribution < -0.4 is 11.1 Å². The lowest BCUT2D eigenvalue weighted by molar-refractivity contribution is 0.112. The number of phenols is 1. The second kappa shape index (κ2) is 11.6.